The van der Waals surface area contributed by atoms with E-state index in [1.165, 1.54) is 24.8 Å². The van der Waals surface area contributed by atoms with Crippen LogP contribution in [0.3, 0.4) is 0 Å². The van der Waals surface area contributed by atoms with Crippen LogP contribution in [0.5, 0.6) is 0 Å². The van der Waals surface area contributed by atoms with Gasteiger partial charge in [-0.05, 0) is 88.2 Å². The number of nitrogens with zero attached hydrogens (tertiary/aromatic N) is 1. The number of allylic oxidation sites excluding steroid dienone is 3. The number of unbranched alkanes of at least 4 members (excludes halogenated alkanes) is 2. The summed E-state index contributed by atoms with van der Waals surface area (Å²) in [6, 6.07) is 3.99. The predicted octanol–water partition coefficient (Wildman–Crippen LogP) is 4.40. The first-order chi connectivity index (χ1) is 12.5. The first-order valence-corrected chi connectivity index (χ1v) is 10.7. The summed E-state index contributed by atoms with van der Waals surface area (Å²) in [5, 5.41) is 12.4. The summed E-state index contributed by atoms with van der Waals surface area (Å²) in [5.74, 6) is 0.575. The van der Waals surface area contributed by atoms with E-state index in [1.54, 1.807) is 17.4 Å². The monoisotopic (exact) mass is 373 g/mol. The maximum Gasteiger partial charge on any atom is 0.161 e. The Hall–Kier alpha value is -1.23. The molecule has 0 radical (unpaired) electrons. The van der Waals surface area contributed by atoms with E-state index in [0.717, 1.165) is 30.7 Å². The van der Waals surface area contributed by atoms with Crippen molar-refractivity contribution in [3.8, 4) is 0 Å². The molecule has 1 heterocycles. The largest absolute Gasteiger partial charge is 0.392 e. The Morgan fingerprint density at radius 1 is 1.35 bits per heavy atom. The molecule has 0 spiro atoms. The van der Waals surface area contributed by atoms with Gasteiger partial charge in [0.15, 0.2) is 5.78 Å². The van der Waals surface area contributed by atoms with Crippen molar-refractivity contribution >= 4 is 23.2 Å². The minimum atomic E-state index is -0.483. The average Bonchev–Trinajstić information content (AvgIpc) is 3.28. The summed E-state index contributed by atoms with van der Waals surface area (Å²) in [5.41, 5.74) is 1.51. The highest BCUT2D eigenvalue weighted by Gasteiger charge is 2.47. The van der Waals surface area contributed by atoms with Crippen LogP contribution in [0, 0.1) is 17.8 Å². The number of hydrogen-bond acceptors (Lipinski definition) is 4. The molecule has 2 aliphatic rings. The second-order valence-electron chi connectivity index (χ2n) is 8.05. The number of rotatable bonds is 9. The molecule has 3 nitrogen and oxygen atoms in total. The van der Waals surface area contributed by atoms with Gasteiger partial charge in [-0.3, -0.25) is 4.79 Å². The lowest BCUT2D eigenvalue weighted by molar-refractivity contribution is -0.121. The van der Waals surface area contributed by atoms with Gasteiger partial charge in [0.1, 0.15) is 0 Å². The van der Waals surface area contributed by atoms with Gasteiger partial charge < -0.3 is 10.0 Å². The summed E-state index contributed by atoms with van der Waals surface area (Å²) >= 11 is 1.63. The third kappa shape index (κ3) is 4.93. The molecular formula is C22H31NO2S. The van der Waals surface area contributed by atoms with Gasteiger partial charge in [0.2, 0.25) is 0 Å². The van der Waals surface area contributed by atoms with Crippen molar-refractivity contribution in [2.75, 3.05) is 20.6 Å². The molecule has 1 aromatic heterocycles. The van der Waals surface area contributed by atoms with E-state index in [0.29, 0.717) is 11.8 Å². The average molecular weight is 374 g/mol. The lowest BCUT2D eigenvalue weighted by Crippen LogP contribution is -2.27. The Morgan fingerprint density at radius 3 is 2.92 bits per heavy atom. The number of thiophene rings is 1. The number of hydrogen-bond donors (Lipinski definition) is 1. The molecule has 142 valence electrons. The molecular weight excluding hydrogens is 342 g/mol. The first kappa shape index (κ1) is 19.5. The molecule has 1 saturated carbocycles. The van der Waals surface area contributed by atoms with E-state index in [9.17, 15) is 9.90 Å². The molecule has 2 aliphatic carbocycles. The van der Waals surface area contributed by atoms with E-state index >= 15 is 0 Å². The van der Waals surface area contributed by atoms with Crippen molar-refractivity contribution in [2.24, 2.45) is 17.8 Å². The molecule has 0 bridgehead atoms. The Labute approximate surface area is 161 Å². The van der Waals surface area contributed by atoms with Crippen LogP contribution < -0.4 is 0 Å². The Morgan fingerprint density at radius 2 is 2.19 bits per heavy atom. The standard InChI is InChI=1S/C22H31NO2S/c1-23(2)11-5-3-4-7-16-13-17-15-21(25)22(19(17)14-16)20(24)10-9-18-8-6-12-26-18/h6,8-10,12-13,17,19,21-22,25H,3-5,7,11,14-15H2,1-2H3/t17-,19-,21+,22-/m0/s1. The van der Waals surface area contributed by atoms with Crippen molar-refractivity contribution < 1.29 is 9.90 Å². The van der Waals surface area contributed by atoms with Crippen LogP contribution in [0.1, 0.15) is 43.4 Å². The topological polar surface area (TPSA) is 40.5 Å². The first-order valence-electron chi connectivity index (χ1n) is 9.82. The molecule has 4 atom stereocenters. The maximum atomic E-state index is 12.7. The van der Waals surface area contributed by atoms with Gasteiger partial charge in [0.25, 0.3) is 0 Å². The molecule has 0 amide bonds. The van der Waals surface area contributed by atoms with E-state index < -0.39 is 6.10 Å². The van der Waals surface area contributed by atoms with Crippen molar-refractivity contribution in [1.82, 2.24) is 4.90 Å². The highest BCUT2D eigenvalue weighted by molar-refractivity contribution is 7.10. The number of aliphatic hydroxyl groups is 1. The van der Waals surface area contributed by atoms with Gasteiger partial charge in [-0.25, -0.2) is 0 Å². The molecule has 1 aromatic rings. The third-order valence-corrected chi connectivity index (χ3v) is 6.61. The summed E-state index contributed by atoms with van der Waals surface area (Å²) in [7, 11) is 4.24. The van der Waals surface area contributed by atoms with Crippen LogP contribution in [0.15, 0.2) is 35.2 Å². The molecule has 0 unspecified atom stereocenters. The SMILES string of the molecule is CN(C)CCCCCC1=C[C@H]2C[C@@H](O)[C@H](C(=O)C=Cc3cccs3)[C@H]2C1. The highest BCUT2D eigenvalue weighted by atomic mass is 32.1. The van der Waals surface area contributed by atoms with Gasteiger partial charge in [0, 0.05) is 4.88 Å². The molecule has 0 aliphatic heterocycles. The van der Waals surface area contributed by atoms with Crippen LogP contribution in [-0.2, 0) is 4.79 Å². The van der Waals surface area contributed by atoms with Gasteiger partial charge in [0.05, 0.1) is 12.0 Å². The molecule has 0 saturated heterocycles. The Balaban J connectivity index is 1.50. The van der Waals surface area contributed by atoms with Crippen LogP contribution in [0.25, 0.3) is 6.08 Å². The van der Waals surface area contributed by atoms with Gasteiger partial charge in [-0.15, -0.1) is 11.3 Å². The summed E-state index contributed by atoms with van der Waals surface area (Å²) < 4.78 is 0. The molecule has 0 aromatic carbocycles. The molecule has 1 N–H and O–H groups in total. The van der Waals surface area contributed by atoms with Crippen LogP contribution in [-0.4, -0.2) is 42.5 Å². The van der Waals surface area contributed by atoms with E-state index in [1.807, 2.05) is 23.6 Å². The predicted molar refractivity (Wildman–Crippen MR) is 109 cm³/mol. The summed E-state index contributed by atoms with van der Waals surface area (Å²) in [6.07, 6.45) is 12.1. The smallest absolute Gasteiger partial charge is 0.161 e. The lowest BCUT2D eigenvalue weighted by atomic mass is 9.86. The van der Waals surface area contributed by atoms with Crippen molar-refractivity contribution in [3.05, 3.63) is 40.1 Å². The summed E-state index contributed by atoms with van der Waals surface area (Å²) in [4.78, 5) is 16.0. The van der Waals surface area contributed by atoms with Crippen LogP contribution in [0.4, 0.5) is 0 Å². The second kappa shape index (κ2) is 9.12. The Bertz CT molecular complexity index is 647. The van der Waals surface area contributed by atoms with Crippen LogP contribution in [0.2, 0.25) is 0 Å². The number of carbonyl (C=O) groups excluding carboxylic acids is 1. The van der Waals surface area contributed by atoms with Crippen molar-refractivity contribution in [1.29, 1.82) is 0 Å². The summed E-state index contributed by atoms with van der Waals surface area (Å²) in [6.45, 7) is 1.16. The fourth-order valence-electron chi connectivity index (χ4n) is 4.50. The van der Waals surface area contributed by atoms with E-state index in [-0.39, 0.29) is 11.7 Å². The molecule has 3 rings (SSSR count). The fraction of sp³-hybridized carbons (Fsp3) is 0.591. The van der Waals surface area contributed by atoms with Gasteiger partial charge >= 0.3 is 0 Å². The van der Waals surface area contributed by atoms with Crippen molar-refractivity contribution in [3.63, 3.8) is 0 Å². The van der Waals surface area contributed by atoms with Gasteiger partial charge in [-0.1, -0.05) is 24.1 Å². The maximum absolute atomic E-state index is 12.7. The third-order valence-electron chi connectivity index (χ3n) is 5.77. The second-order valence-corrected chi connectivity index (χ2v) is 9.03. The highest BCUT2D eigenvalue weighted by Crippen LogP contribution is 2.48. The molecule has 4 heteroatoms. The van der Waals surface area contributed by atoms with Crippen LogP contribution >= 0.6 is 11.3 Å². The quantitative estimate of drug-likeness (QED) is 0.396. The normalized spacial score (nSPS) is 28.1. The zero-order chi connectivity index (χ0) is 18.5. The number of carbonyl (C=O) groups is 1. The number of fused-ring (bicyclic) bond motifs is 1. The number of ketones is 1. The zero-order valence-electron chi connectivity index (χ0n) is 15.9. The molecule has 1 fully saturated rings. The lowest BCUT2D eigenvalue weighted by Gasteiger charge is -2.19. The van der Waals surface area contributed by atoms with Crippen molar-refractivity contribution in [2.45, 2.75) is 44.6 Å². The van der Waals surface area contributed by atoms with Gasteiger partial charge in [-0.2, -0.15) is 0 Å². The minimum Gasteiger partial charge on any atom is -0.392 e. The Kier molecular flexibility index (Phi) is 6.85. The van der Waals surface area contributed by atoms with E-state index in [2.05, 4.69) is 25.1 Å². The minimum absolute atomic E-state index is 0.0963. The zero-order valence-corrected chi connectivity index (χ0v) is 16.8. The fourth-order valence-corrected chi connectivity index (χ4v) is 5.12. The molecule has 26 heavy (non-hydrogen) atoms. The van der Waals surface area contributed by atoms with E-state index in [4.69, 9.17) is 0 Å². The number of aliphatic hydroxyl groups excluding tert-OH is 1.